The predicted octanol–water partition coefficient (Wildman–Crippen LogP) is 5.72. The Bertz CT molecular complexity index is 1060. The molecule has 0 saturated heterocycles. The van der Waals surface area contributed by atoms with Gasteiger partial charge < -0.3 is 14.8 Å². The molecule has 0 amide bonds. The molecule has 4 aromatic rings. The molecule has 3 aromatic carbocycles. The fourth-order valence-electron chi connectivity index (χ4n) is 2.86. The summed E-state index contributed by atoms with van der Waals surface area (Å²) in [6, 6.07) is 20.4. The molecular formula is C21H18N2O2S. The van der Waals surface area contributed by atoms with Crippen molar-refractivity contribution in [1.29, 1.82) is 0 Å². The first-order valence-corrected chi connectivity index (χ1v) is 9.08. The Morgan fingerprint density at radius 3 is 2.54 bits per heavy atom. The van der Waals surface area contributed by atoms with Crippen LogP contribution in [0.4, 0.5) is 10.8 Å². The van der Waals surface area contributed by atoms with Gasteiger partial charge in [0.05, 0.1) is 19.9 Å². The highest BCUT2D eigenvalue weighted by molar-refractivity contribution is 7.14. The van der Waals surface area contributed by atoms with Crippen LogP contribution in [0.5, 0.6) is 11.5 Å². The molecular weight excluding hydrogens is 344 g/mol. The first-order valence-electron chi connectivity index (χ1n) is 8.20. The van der Waals surface area contributed by atoms with Crippen LogP contribution in [0.3, 0.4) is 0 Å². The second-order valence-corrected chi connectivity index (χ2v) is 6.65. The molecule has 130 valence electrons. The van der Waals surface area contributed by atoms with Crippen molar-refractivity contribution in [2.75, 3.05) is 19.5 Å². The molecule has 0 unspecified atom stereocenters. The summed E-state index contributed by atoms with van der Waals surface area (Å²) in [6.07, 6.45) is 0. The number of rotatable bonds is 5. The van der Waals surface area contributed by atoms with Gasteiger partial charge in [-0.2, -0.15) is 0 Å². The average Bonchev–Trinajstić information content (AvgIpc) is 3.15. The Morgan fingerprint density at radius 2 is 1.73 bits per heavy atom. The summed E-state index contributed by atoms with van der Waals surface area (Å²) >= 11 is 1.56. The number of benzene rings is 3. The SMILES string of the molecule is COc1ccc(-c2csc(Nc3ccc4ccccc4c3)n2)c(OC)c1. The Hall–Kier alpha value is -3.05. The number of methoxy groups -OCH3 is 2. The van der Waals surface area contributed by atoms with Crippen molar-refractivity contribution in [2.24, 2.45) is 0 Å². The van der Waals surface area contributed by atoms with Crippen molar-refractivity contribution < 1.29 is 9.47 Å². The molecule has 26 heavy (non-hydrogen) atoms. The molecule has 0 fully saturated rings. The lowest BCUT2D eigenvalue weighted by Crippen LogP contribution is -1.92. The third-order valence-electron chi connectivity index (χ3n) is 4.19. The Morgan fingerprint density at radius 1 is 0.885 bits per heavy atom. The normalized spacial score (nSPS) is 10.7. The van der Waals surface area contributed by atoms with Crippen LogP contribution in [0.25, 0.3) is 22.0 Å². The summed E-state index contributed by atoms with van der Waals surface area (Å²) in [5, 5.41) is 8.67. The van der Waals surface area contributed by atoms with Crippen LogP contribution in [0.15, 0.2) is 66.0 Å². The van der Waals surface area contributed by atoms with Crippen LogP contribution in [0.2, 0.25) is 0 Å². The maximum absolute atomic E-state index is 5.48. The summed E-state index contributed by atoms with van der Waals surface area (Å²) in [7, 11) is 3.29. The van der Waals surface area contributed by atoms with E-state index < -0.39 is 0 Å². The molecule has 5 heteroatoms. The van der Waals surface area contributed by atoms with E-state index in [2.05, 4.69) is 35.6 Å². The summed E-state index contributed by atoms with van der Waals surface area (Å²) in [5.74, 6) is 1.50. The monoisotopic (exact) mass is 362 g/mol. The third kappa shape index (κ3) is 3.21. The lowest BCUT2D eigenvalue weighted by atomic mass is 10.1. The van der Waals surface area contributed by atoms with Crippen molar-refractivity contribution in [3.63, 3.8) is 0 Å². The fraction of sp³-hybridized carbons (Fsp3) is 0.0952. The third-order valence-corrected chi connectivity index (χ3v) is 4.95. The minimum atomic E-state index is 0.743. The van der Waals surface area contributed by atoms with Crippen molar-refractivity contribution in [2.45, 2.75) is 0 Å². The van der Waals surface area contributed by atoms with Crippen LogP contribution in [0, 0.1) is 0 Å². The van der Waals surface area contributed by atoms with E-state index in [-0.39, 0.29) is 0 Å². The van der Waals surface area contributed by atoms with E-state index >= 15 is 0 Å². The summed E-state index contributed by atoms with van der Waals surface area (Å²) in [6.45, 7) is 0. The number of thiazole rings is 1. The number of aromatic nitrogens is 1. The molecule has 1 heterocycles. The molecule has 1 N–H and O–H groups in total. The van der Waals surface area contributed by atoms with E-state index in [1.54, 1.807) is 25.6 Å². The second kappa shape index (κ2) is 7.06. The lowest BCUT2D eigenvalue weighted by Gasteiger charge is -2.08. The highest BCUT2D eigenvalue weighted by Crippen LogP contribution is 2.35. The summed E-state index contributed by atoms with van der Waals surface area (Å²) in [5.41, 5.74) is 2.83. The van der Waals surface area contributed by atoms with Gasteiger partial charge in [-0.1, -0.05) is 30.3 Å². The molecule has 0 saturated carbocycles. The molecule has 4 rings (SSSR count). The smallest absolute Gasteiger partial charge is 0.187 e. The van der Waals surface area contributed by atoms with E-state index in [9.17, 15) is 0 Å². The predicted molar refractivity (Wildman–Crippen MR) is 108 cm³/mol. The zero-order valence-electron chi connectivity index (χ0n) is 14.5. The van der Waals surface area contributed by atoms with Gasteiger partial charge in [-0.05, 0) is 35.0 Å². The van der Waals surface area contributed by atoms with Crippen molar-refractivity contribution in [1.82, 2.24) is 4.98 Å². The number of nitrogens with one attached hydrogen (secondary N) is 1. The van der Waals surface area contributed by atoms with Gasteiger partial charge in [-0.25, -0.2) is 4.98 Å². The van der Waals surface area contributed by atoms with Crippen LogP contribution < -0.4 is 14.8 Å². The van der Waals surface area contributed by atoms with E-state index in [4.69, 9.17) is 14.5 Å². The van der Waals surface area contributed by atoms with Crippen LogP contribution in [-0.2, 0) is 0 Å². The zero-order chi connectivity index (χ0) is 17.9. The van der Waals surface area contributed by atoms with Crippen molar-refractivity contribution in [3.05, 3.63) is 66.0 Å². The maximum atomic E-state index is 5.48. The summed E-state index contributed by atoms with van der Waals surface area (Å²) < 4.78 is 10.7. The highest BCUT2D eigenvalue weighted by atomic mass is 32.1. The fourth-order valence-corrected chi connectivity index (χ4v) is 3.59. The number of fused-ring (bicyclic) bond motifs is 1. The average molecular weight is 362 g/mol. The number of hydrogen-bond donors (Lipinski definition) is 1. The van der Waals surface area contributed by atoms with Crippen molar-refractivity contribution >= 4 is 32.9 Å². The first-order chi connectivity index (χ1) is 12.8. The molecule has 4 nitrogen and oxygen atoms in total. The molecule has 1 aromatic heterocycles. The van der Waals surface area contributed by atoms with E-state index in [1.807, 2.05) is 35.7 Å². The molecule has 0 aliphatic rings. The molecule has 0 aliphatic carbocycles. The highest BCUT2D eigenvalue weighted by Gasteiger charge is 2.11. The van der Waals surface area contributed by atoms with Crippen LogP contribution in [-0.4, -0.2) is 19.2 Å². The molecule has 0 atom stereocenters. The summed E-state index contributed by atoms with van der Waals surface area (Å²) in [4.78, 5) is 4.71. The van der Waals surface area contributed by atoms with Crippen LogP contribution >= 0.6 is 11.3 Å². The standard InChI is InChI=1S/C21H18N2O2S/c1-24-17-9-10-18(20(12-17)25-2)19-13-26-21(23-19)22-16-8-7-14-5-3-4-6-15(14)11-16/h3-13H,1-2H3,(H,22,23). The van der Waals surface area contributed by atoms with E-state index in [1.165, 1.54) is 10.8 Å². The van der Waals surface area contributed by atoms with Gasteiger partial charge >= 0.3 is 0 Å². The molecule has 0 radical (unpaired) electrons. The number of anilines is 2. The number of ether oxygens (including phenoxy) is 2. The van der Waals surface area contributed by atoms with Gasteiger partial charge in [0.25, 0.3) is 0 Å². The van der Waals surface area contributed by atoms with E-state index in [0.717, 1.165) is 33.6 Å². The van der Waals surface area contributed by atoms with Gasteiger partial charge in [0.15, 0.2) is 5.13 Å². The minimum Gasteiger partial charge on any atom is -0.497 e. The molecule has 0 aliphatic heterocycles. The van der Waals surface area contributed by atoms with Crippen molar-refractivity contribution in [3.8, 4) is 22.8 Å². The van der Waals surface area contributed by atoms with Gasteiger partial charge in [0, 0.05) is 22.7 Å². The first kappa shape index (κ1) is 16.4. The lowest BCUT2D eigenvalue weighted by molar-refractivity contribution is 0.395. The minimum absolute atomic E-state index is 0.743. The van der Waals surface area contributed by atoms with Gasteiger partial charge in [-0.3, -0.25) is 0 Å². The maximum Gasteiger partial charge on any atom is 0.187 e. The van der Waals surface area contributed by atoms with Gasteiger partial charge in [0.2, 0.25) is 0 Å². The Balaban J connectivity index is 1.61. The largest absolute Gasteiger partial charge is 0.497 e. The zero-order valence-corrected chi connectivity index (χ0v) is 15.3. The molecule has 0 spiro atoms. The van der Waals surface area contributed by atoms with E-state index in [0.29, 0.717) is 0 Å². The Kier molecular flexibility index (Phi) is 4.46. The topological polar surface area (TPSA) is 43.4 Å². The number of hydrogen-bond acceptors (Lipinski definition) is 5. The second-order valence-electron chi connectivity index (χ2n) is 5.79. The molecule has 0 bridgehead atoms. The Labute approximate surface area is 156 Å². The van der Waals surface area contributed by atoms with Crippen LogP contribution in [0.1, 0.15) is 0 Å². The number of nitrogens with zero attached hydrogens (tertiary/aromatic N) is 1. The quantitative estimate of drug-likeness (QED) is 0.493. The van der Waals surface area contributed by atoms with Gasteiger partial charge in [-0.15, -0.1) is 11.3 Å². The van der Waals surface area contributed by atoms with Gasteiger partial charge in [0.1, 0.15) is 11.5 Å².